The van der Waals surface area contributed by atoms with E-state index in [1.807, 2.05) is 31.2 Å². The van der Waals surface area contributed by atoms with Crippen molar-refractivity contribution in [2.45, 2.75) is 32.0 Å². The summed E-state index contributed by atoms with van der Waals surface area (Å²) in [5.41, 5.74) is 8.56. The van der Waals surface area contributed by atoms with Gasteiger partial charge >= 0.3 is 5.97 Å². The van der Waals surface area contributed by atoms with E-state index in [1.54, 1.807) is 29.3 Å². The Morgan fingerprint density at radius 2 is 1.86 bits per heavy atom. The third kappa shape index (κ3) is 4.06. The Hall–Kier alpha value is -2.74. The zero-order valence-electron chi connectivity index (χ0n) is 15.6. The number of carboxylic acid groups (broad SMARTS) is 1. The zero-order valence-corrected chi connectivity index (χ0v) is 15.6. The molecule has 0 bridgehead atoms. The van der Waals surface area contributed by atoms with Crippen molar-refractivity contribution in [3.05, 3.63) is 59.7 Å². The van der Waals surface area contributed by atoms with Gasteiger partial charge in [-0.25, -0.2) is 4.79 Å². The van der Waals surface area contributed by atoms with Crippen LogP contribution >= 0.6 is 0 Å². The van der Waals surface area contributed by atoms with Gasteiger partial charge in [-0.2, -0.15) is 5.06 Å². The number of carbonyl (C=O) groups is 2. The number of hydrogen-bond acceptors (Lipinski definition) is 5. The Morgan fingerprint density at radius 1 is 1.14 bits per heavy atom. The highest BCUT2D eigenvalue weighted by molar-refractivity contribution is 5.88. The zero-order chi connectivity index (χ0) is 20.3. The summed E-state index contributed by atoms with van der Waals surface area (Å²) in [6, 6.07) is 13.8. The number of hydroxylamine groups is 2. The second kappa shape index (κ2) is 8.52. The average Bonchev–Trinajstić information content (AvgIpc) is 3.05. The van der Waals surface area contributed by atoms with Crippen molar-refractivity contribution in [3.63, 3.8) is 0 Å². The summed E-state index contributed by atoms with van der Waals surface area (Å²) in [5, 5.41) is 20.1. The van der Waals surface area contributed by atoms with E-state index in [9.17, 15) is 14.7 Å². The van der Waals surface area contributed by atoms with Crippen LogP contribution < -0.4 is 5.73 Å². The maximum absolute atomic E-state index is 12.0. The Balaban J connectivity index is 1.82. The van der Waals surface area contributed by atoms with Gasteiger partial charge in [-0.05, 0) is 41.3 Å². The van der Waals surface area contributed by atoms with E-state index in [4.69, 9.17) is 15.7 Å². The molecule has 0 radical (unpaired) electrons. The Kier molecular flexibility index (Phi) is 6.08. The van der Waals surface area contributed by atoms with Crippen molar-refractivity contribution >= 4 is 11.9 Å². The van der Waals surface area contributed by atoms with Crippen LogP contribution in [0.2, 0.25) is 0 Å². The predicted octanol–water partition coefficient (Wildman–Crippen LogP) is 2.04. The van der Waals surface area contributed by atoms with Gasteiger partial charge in [0.15, 0.2) is 0 Å². The quantitative estimate of drug-likeness (QED) is 0.673. The van der Waals surface area contributed by atoms with E-state index in [0.29, 0.717) is 13.0 Å². The number of rotatable bonds is 7. The molecule has 3 atom stereocenters. The lowest BCUT2D eigenvalue weighted by Gasteiger charge is -2.22. The van der Waals surface area contributed by atoms with Crippen LogP contribution in [0.1, 0.15) is 29.3 Å². The first-order valence-corrected chi connectivity index (χ1v) is 9.20. The number of hydrogen-bond donors (Lipinski definition) is 3. The molecule has 1 heterocycles. The third-order valence-corrected chi connectivity index (χ3v) is 5.14. The second-order valence-electron chi connectivity index (χ2n) is 6.90. The molecule has 7 heteroatoms. The van der Waals surface area contributed by atoms with Crippen LogP contribution in [-0.4, -0.2) is 45.9 Å². The summed E-state index contributed by atoms with van der Waals surface area (Å²) < 4.78 is 0. The highest BCUT2D eigenvalue weighted by Crippen LogP contribution is 2.32. The van der Waals surface area contributed by atoms with Gasteiger partial charge in [0.05, 0.1) is 18.7 Å². The Labute approximate surface area is 163 Å². The Morgan fingerprint density at radius 3 is 2.43 bits per heavy atom. The van der Waals surface area contributed by atoms with Crippen molar-refractivity contribution < 1.29 is 24.6 Å². The van der Waals surface area contributed by atoms with Crippen LogP contribution in [0.15, 0.2) is 48.5 Å². The van der Waals surface area contributed by atoms with Gasteiger partial charge in [-0.3, -0.25) is 9.63 Å². The van der Waals surface area contributed by atoms with Crippen LogP contribution in [0.3, 0.4) is 0 Å². The molecule has 3 unspecified atom stereocenters. The molecule has 4 N–H and O–H groups in total. The van der Waals surface area contributed by atoms with Crippen LogP contribution in [0.25, 0.3) is 11.1 Å². The van der Waals surface area contributed by atoms with Gasteiger partial charge in [0.1, 0.15) is 12.1 Å². The molecule has 2 aromatic rings. The molecule has 0 aliphatic carbocycles. The van der Waals surface area contributed by atoms with Crippen molar-refractivity contribution in [1.82, 2.24) is 5.06 Å². The number of aliphatic hydroxyl groups is 1. The number of primary amides is 1. The average molecular weight is 384 g/mol. The van der Waals surface area contributed by atoms with Crippen molar-refractivity contribution in [1.29, 1.82) is 0 Å². The predicted molar refractivity (Wildman–Crippen MR) is 103 cm³/mol. The van der Waals surface area contributed by atoms with Gasteiger partial charge in [-0.15, -0.1) is 0 Å². The minimum Gasteiger partial charge on any atom is -0.478 e. The van der Waals surface area contributed by atoms with Gasteiger partial charge in [0, 0.05) is 5.92 Å². The first kappa shape index (κ1) is 20.0. The van der Waals surface area contributed by atoms with Crippen molar-refractivity contribution in [2.24, 2.45) is 11.7 Å². The highest BCUT2D eigenvalue weighted by Gasteiger charge is 2.45. The van der Waals surface area contributed by atoms with Crippen molar-refractivity contribution in [3.8, 4) is 11.1 Å². The number of aliphatic hydroxyl groups excluding tert-OH is 1. The molecule has 28 heavy (non-hydrogen) atoms. The van der Waals surface area contributed by atoms with Gasteiger partial charge in [0.25, 0.3) is 0 Å². The standard InChI is InChI=1S/C21H24N2O5/c1-2-17-18(12-24)28-23(19(17)20(22)25)11-13-4-3-5-16(10-13)14-6-8-15(9-7-14)21(26)27/h3-10,17-19,24H,2,11-12H2,1H3,(H2,22,25)(H,26,27). The molecule has 2 aromatic carbocycles. The lowest BCUT2D eigenvalue weighted by Crippen LogP contribution is -2.43. The van der Waals surface area contributed by atoms with Crippen LogP contribution in [0.4, 0.5) is 0 Å². The smallest absolute Gasteiger partial charge is 0.335 e. The summed E-state index contributed by atoms with van der Waals surface area (Å²) in [4.78, 5) is 28.8. The molecule has 3 rings (SSSR count). The topological polar surface area (TPSA) is 113 Å². The molecule has 0 saturated carbocycles. The van der Waals surface area contributed by atoms with E-state index >= 15 is 0 Å². The second-order valence-corrected chi connectivity index (χ2v) is 6.90. The fraction of sp³-hybridized carbons (Fsp3) is 0.333. The van der Waals surface area contributed by atoms with Gasteiger partial charge < -0.3 is 15.9 Å². The first-order valence-electron chi connectivity index (χ1n) is 9.20. The molecule has 0 spiro atoms. The number of carbonyl (C=O) groups excluding carboxylic acids is 1. The molecule has 148 valence electrons. The molecule has 1 amide bonds. The highest BCUT2D eigenvalue weighted by atomic mass is 16.7. The summed E-state index contributed by atoms with van der Waals surface area (Å²) in [5.74, 6) is -1.59. The summed E-state index contributed by atoms with van der Waals surface area (Å²) in [6.07, 6.45) is 0.222. The third-order valence-electron chi connectivity index (χ3n) is 5.14. The minimum absolute atomic E-state index is 0.158. The number of nitrogens with two attached hydrogens (primary N) is 1. The fourth-order valence-corrected chi connectivity index (χ4v) is 3.71. The molecule has 1 fully saturated rings. The molecular weight excluding hydrogens is 360 g/mol. The number of carboxylic acids is 1. The Bertz CT molecular complexity index is 852. The molecule has 1 saturated heterocycles. The van der Waals surface area contributed by atoms with Crippen molar-refractivity contribution in [2.75, 3.05) is 6.61 Å². The fourth-order valence-electron chi connectivity index (χ4n) is 3.71. The molecule has 1 aliphatic heterocycles. The van der Waals surface area contributed by atoms with Gasteiger partial charge in [0.2, 0.25) is 5.91 Å². The maximum atomic E-state index is 12.0. The normalized spacial score (nSPS) is 22.3. The molecule has 1 aliphatic rings. The molecular formula is C21H24N2O5. The first-order chi connectivity index (χ1) is 13.4. The van der Waals surface area contributed by atoms with E-state index in [2.05, 4.69) is 0 Å². The van der Waals surface area contributed by atoms with E-state index < -0.39 is 24.0 Å². The largest absolute Gasteiger partial charge is 0.478 e. The summed E-state index contributed by atoms with van der Waals surface area (Å²) in [6.45, 7) is 2.12. The maximum Gasteiger partial charge on any atom is 0.335 e. The molecule has 0 aromatic heterocycles. The summed E-state index contributed by atoms with van der Waals surface area (Å²) in [7, 11) is 0. The number of benzene rings is 2. The summed E-state index contributed by atoms with van der Waals surface area (Å²) >= 11 is 0. The number of amides is 1. The van der Waals surface area contributed by atoms with E-state index in [-0.39, 0.29) is 18.1 Å². The van der Waals surface area contributed by atoms with Gasteiger partial charge in [-0.1, -0.05) is 37.3 Å². The number of nitrogens with zero attached hydrogens (tertiary/aromatic N) is 1. The van der Waals surface area contributed by atoms with E-state index in [1.165, 1.54) is 0 Å². The van der Waals surface area contributed by atoms with E-state index in [0.717, 1.165) is 16.7 Å². The molecule has 7 nitrogen and oxygen atoms in total. The van der Waals surface area contributed by atoms with Crippen LogP contribution in [0.5, 0.6) is 0 Å². The van der Waals surface area contributed by atoms with Crippen LogP contribution in [-0.2, 0) is 16.2 Å². The monoisotopic (exact) mass is 384 g/mol. The lowest BCUT2D eigenvalue weighted by molar-refractivity contribution is -0.180. The number of aromatic carboxylic acids is 1. The SMILES string of the molecule is CCC1C(CO)ON(Cc2cccc(-c3ccc(C(=O)O)cc3)c2)C1C(N)=O. The minimum atomic E-state index is -0.965. The van der Waals surface area contributed by atoms with Crippen LogP contribution in [0, 0.1) is 5.92 Å². The lowest BCUT2D eigenvalue weighted by atomic mass is 9.92.